The Morgan fingerprint density at radius 1 is 1.15 bits per heavy atom. The van der Waals surface area contributed by atoms with Gasteiger partial charge in [0.15, 0.2) is 5.96 Å². The summed E-state index contributed by atoms with van der Waals surface area (Å²) in [4.78, 5) is 15.4. The Labute approximate surface area is 162 Å². The predicted molar refractivity (Wildman–Crippen MR) is 108 cm³/mol. The van der Waals surface area contributed by atoms with Gasteiger partial charge in [0.2, 0.25) is 5.91 Å². The molecule has 3 rings (SSSR count). The van der Waals surface area contributed by atoms with Gasteiger partial charge in [-0.05, 0) is 42.2 Å². The lowest BCUT2D eigenvalue weighted by Crippen LogP contribution is -2.41. The van der Waals surface area contributed by atoms with Crippen molar-refractivity contribution in [3.8, 4) is 0 Å². The summed E-state index contributed by atoms with van der Waals surface area (Å²) in [5, 5.41) is 6.75. The van der Waals surface area contributed by atoms with Crippen LogP contribution in [0.5, 0.6) is 0 Å². The third kappa shape index (κ3) is 4.25. The highest BCUT2D eigenvalue weighted by atomic mass is 79.9. The van der Waals surface area contributed by atoms with Crippen LogP contribution in [0.4, 0.5) is 0 Å². The Morgan fingerprint density at radius 2 is 1.85 bits per heavy atom. The molecule has 0 aliphatic heterocycles. The molecule has 0 heterocycles. The summed E-state index contributed by atoms with van der Waals surface area (Å²) in [6, 6.07) is 15.7. The van der Waals surface area contributed by atoms with E-state index in [4.69, 9.17) is 5.73 Å². The molecule has 6 heteroatoms. The van der Waals surface area contributed by atoms with Crippen LogP contribution in [0.3, 0.4) is 0 Å². The van der Waals surface area contributed by atoms with Crippen LogP contribution in [-0.4, -0.2) is 25.5 Å². The molecule has 1 aliphatic carbocycles. The highest BCUT2D eigenvalue weighted by Gasteiger charge is 2.45. The number of hydrogen-bond donors (Lipinski definition) is 3. The lowest BCUT2D eigenvalue weighted by molar-refractivity contribution is 0.100. The number of aliphatic imine (C=N–C) groups is 1. The van der Waals surface area contributed by atoms with E-state index in [2.05, 4.69) is 49.8 Å². The predicted octanol–water partition coefficient (Wildman–Crippen LogP) is 2.94. The SMILES string of the molecule is CN=C(NCc1ccc(C(N)=O)cc1)NCC1(c2ccccc2Br)CC1. The molecular formula is C20H23BrN4O. The summed E-state index contributed by atoms with van der Waals surface area (Å²) in [6.07, 6.45) is 2.35. The van der Waals surface area contributed by atoms with E-state index in [1.165, 1.54) is 18.4 Å². The molecule has 1 fully saturated rings. The maximum Gasteiger partial charge on any atom is 0.248 e. The van der Waals surface area contributed by atoms with Gasteiger partial charge in [0.25, 0.3) is 0 Å². The van der Waals surface area contributed by atoms with E-state index >= 15 is 0 Å². The van der Waals surface area contributed by atoms with Gasteiger partial charge in [-0.2, -0.15) is 0 Å². The maximum atomic E-state index is 11.1. The van der Waals surface area contributed by atoms with Crippen molar-refractivity contribution in [1.29, 1.82) is 0 Å². The normalized spacial score (nSPS) is 15.4. The van der Waals surface area contributed by atoms with Gasteiger partial charge < -0.3 is 16.4 Å². The van der Waals surface area contributed by atoms with Crippen molar-refractivity contribution in [3.63, 3.8) is 0 Å². The average molecular weight is 415 g/mol. The van der Waals surface area contributed by atoms with E-state index in [0.717, 1.165) is 22.5 Å². The molecule has 0 unspecified atom stereocenters. The fourth-order valence-corrected chi connectivity index (χ4v) is 3.74. The average Bonchev–Trinajstić information content (AvgIpc) is 3.43. The third-order valence-corrected chi connectivity index (χ3v) is 5.51. The maximum absolute atomic E-state index is 11.1. The van der Waals surface area contributed by atoms with Crippen molar-refractivity contribution in [2.45, 2.75) is 24.8 Å². The highest BCUT2D eigenvalue weighted by molar-refractivity contribution is 9.10. The molecule has 0 bridgehead atoms. The number of nitrogens with zero attached hydrogens (tertiary/aromatic N) is 1. The molecule has 1 saturated carbocycles. The molecule has 0 spiro atoms. The fourth-order valence-electron chi connectivity index (χ4n) is 3.03. The number of rotatable bonds is 6. The molecule has 136 valence electrons. The van der Waals surface area contributed by atoms with E-state index in [1.54, 1.807) is 19.2 Å². The number of hydrogen-bond acceptors (Lipinski definition) is 2. The number of amides is 1. The first-order chi connectivity index (χ1) is 12.5. The van der Waals surface area contributed by atoms with Gasteiger partial charge in [0, 0.05) is 35.6 Å². The molecule has 0 radical (unpaired) electrons. The molecule has 2 aromatic rings. The van der Waals surface area contributed by atoms with Crippen molar-refractivity contribution in [1.82, 2.24) is 10.6 Å². The molecule has 26 heavy (non-hydrogen) atoms. The van der Waals surface area contributed by atoms with Gasteiger partial charge in [-0.15, -0.1) is 0 Å². The Kier molecular flexibility index (Phi) is 5.61. The second kappa shape index (κ2) is 7.91. The van der Waals surface area contributed by atoms with E-state index < -0.39 is 5.91 Å². The Balaban J connectivity index is 1.55. The lowest BCUT2D eigenvalue weighted by atomic mass is 9.96. The molecule has 0 atom stereocenters. The van der Waals surface area contributed by atoms with Crippen LogP contribution in [-0.2, 0) is 12.0 Å². The number of nitrogens with one attached hydrogen (secondary N) is 2. The summed E-state index contributed by atoms with van der Waals surface area (Å²) < 4.78 is 1.16. The van der Waals surface area contributed by atoms with Crippen LogP contribution >= 0.6 is 15.9 Å². The van der Waals surface area contributed by atoms with Crippen molar-refractivity contribution in [2.75, 3.05) is 13.6 Å². The van der Waals surface area contributed by atoms with Crippen molar-refractivity contribution in [3.05, 3.63) is 69.7 Å². The molecule has 1 aliphatic rings. The third-order valence-electron chi connectivity index (χ3n) is 4.82. The second-order valence-corrected chi connectivity index (χ2v) is 7.46. The van der Waals surface area contributed by atoms with Crippen LogP contribution in [0, 0.1) is 0 Å². The van der Waals surface area contributed by atoms with Gasteiger partial charge >= 0.3 is 0 Å². The summed E-state index contributed by atoms with van der Waals surface area (Å²) in [5.74, 6) is 0.353. The first-order valence-electron chi connectivity index (χ1n) is 8.62. The number of carbonyl (C=O) groups excluding carboxylic acids is 1. The Bertz CT molecular complexity index is 813. The molecule has 1 amide bonds. The number of primary amides is 1. The van der Waals surface area contributed by atoms with Crippen molar-refractivity contribution < 1.29 is 4.79 Å². The minimum Gasteiger partial charge on any atom is -0.366 e. The van der Waals surface area contributed by atoms with Crippen LogP contribution in [0.1, 0.15) is 34.3 Å². The molecular weight excluding hydrogens is 392 g/mol. The van der Waals surface area contributed by atoms with E-state index in [9.17, 15) is 4.79 Å². The summed E-state index contributed by atoms with van der Waals surface area (Å²) in [7, 11) is 1.77. The number of nitrogens with two attached hydrogens (primary N) is 1. The van der Waals surface area contributed by atoms with Crippen LogP contribution < -0.4 is 16.4 Å². The standard InChI is InChI=1S/C20H23BrN4O/c1-23-19(24-12-14-6-8-15(9-7-14)18(22)26)25-13-20(10-11-20)16-4-2-3-5-17(16)21/h2-9H,10-13H2,1H3,(H2,22,26)(H2,23,24,25). The molecule has 0 aromatic heterocycles. The van der Waals surface area contributed by atoms with Crippen LogP contribution in [0.15, 0.2) is 58.0 Å². The smallest absolute Gasteiger partial charge is 0.248 e. The number of halogens is 1. The fraction of sp³-hybridized carbons (Fsp3) is 0.300. The van der Waals surface area contributed by atoms with Crippen molar-refractivity contribution >= 4 is 27.8 Å². The van der Waals surface area contributed by atoms with Gasteiger partial charge in [-0.1, -0.05) is 46.3 Å². The molecule has 4 N–H and O–H groups in total. The molecule has 5 nitrogen and oxygen atoms in total. The van der Waals surface area contributed by atoms with E-state index in [-0.39, 0.29) is 5.41 Å². The largest absolute Gasteiger partial charge is 0.366 e. The number of guanidine groups is 1. The van der Waals surface area contributed by atoms with Gasteiger partial charge in [-0.25, -0.2) is 0 Å². The van der Waals surface area contributed by atoms with Gasteiger partial charge in [-0.3, -0.25) is 9.79 Å². The van der Waals surface area contributed by atoms with Crippen molar-refractivity contribution in [2.24, 2.45) is 10.7 Å². The molecule has 0 saturated heterocycles. The zero-order valence-electron chi connectivity index (χ0n) is 14.8. The summed E-state index contributed by atoms with van der Waals surface area (Å²) in [6.45, 7) is 1.47. The first-order valence-corrected chi connectivity index (χ1v) is 9.42. The number of benzene rings is 2. The van der Waals surface area contributed by atoms with Crippen LogP contribution in [0.25, 0.3) is 0 Å². The second-order valence-electron chi connectivity index (χ2n) is 6.60. The first kappa shape index (κ1) is 18.5. The minimum absolute atomic E-state index is 0.181. The van der Waals surface area contributed by atoms with E-state index in [1.807, 2.05) is 18.2 Å². The van der Waals surface area contributed by atoms with E-state index in [0.29, 0.717) is 12.1 Å². The zero-order valence-corrected chi connectivity index (χ0v) is 16.3. The zero-order chi connectivity index (χ0) is 18.6. The summed E-state index contributed by atoms with van der Waals surface area (Å²) >= 11 is 3.67. The highest BCUT2D eigenvalue weighted by Crippen LogP contribution is 2.49. The van der Waals surface area contributed by atoms with Gasteiger partial charge in [0.1, 0.15) is 0 Å². The summed E-state index contributed by atoms with van der Waals surface area (Å²) in [5.41, 5.74) is 8.37. The minimum atomic E-state index is -0.413. The monoisotopic (exact) mass is 414 g/mol. The Hall–Kier alpha value is -2.34. The lowest BCUT2D eigenvalue weighted by Gasteiger charge is -2.20. The topological polar surface area (TPSA) is 79.5 Å². The Morgan fingerprint density at radius 3 is 2.42 bits per heavy atom. The van der Waals surface area contributed by atoms with Gasteiger partial charge in [0.05, 0.1) is 0 Å². The quantitative estimate of drug-likeness (QED) is 0.502. The molecule has 2 aromatic carbocycles. The van der Waals surface area contributed by atoms with Crippen LogP contribution in [0.2, 0.25) is 0 Å². The number of carbonyl (C=O) groups is 1.